The molecule has 68 heavy (non-hydrogen) atoms. The second-order valence-corrected chi connectivity index (χ2v) is 17.4. The van der Waals surface area contributed by atoms with E-state index in [9.17, 15) is 0 Å². The van der Waals surface area contributed by atoms with Gasteiger partial charge in [-0.25, -0.2) is 0 Å². The van der Waals surface area contributed by atoms with Gasteiger partial charge in [-0.1, -0.05) is 158 Å². The standard InChI is InChI=1S/C64H48N4/c1-46-21-11-18-34-60(46)65(49-24-5-2-6-25-49)52-37-39-53(40-38-52)66(50-26-7-3-8-27-50)63-56-30-14-16-32-58(56)64(59-33-17-15-31-57(59)63)67(51-28-9-4-10-29-51)54-41-43-55(44-42-54)68-61-35-19-12-22-47(61)45-48-23-13-20-36-62(48)68/h2-44H,45H2,1H3. The van der Waals surface area contributed by atoms with Crippen molar-refractivity contribution in [3.63, 3.8) is 0 Å². The number of anilines is 12. The van der Waals surface area contributed by atoms with Gasteiger partial charge in [0.1, 0.15) is 0 Å². The van der Waals surface area contributed by atoms with E-state index >= 15 is 0 Å². The summed E-state index contributed by atoms with van der Waals surface area (Å²) in [4.78, 5) is 9.65. The van der Waals surface area contributed by atoms with Crippen LogP contribution in [-0.2, 0) is 6.42 Å². The molecule has 0 fully saturated rings. The predicted molar refractivity (Wildman–Crippen MR) is 288 cm³/mol. The number of aryl methyl sites for hydroxylation is 1. The number of fused-ring (bicyclic) bond motifs is 4. The summed E-state index contributed by atoms with van der Waals surface area (Å²) in [5.41, 5.74) is 17.4. The normalized spacial score (nSPS) is 11.8. The Morgan fingerprint density at radius 2 is 0.618 bits per heavy atom. The highest BCUT2D eigenvalue weighted by atomic mass is 15.2. The van der Waals surface area contributed by atoms with Gasteiger partial charge in [0.15, 0.2) is 0 Å². The third kappa shape index (κ3) is 7.20. The molecule has 1 aliphatic heterocycles. The van der Waals surface area contributed by atoms with Crippen LogP contribution in [0.15, 0.2) is 261 Å². The fourth-order valence-corrected chi connectivity index (χ4v) is 10.2. The molecule has 4 heteroatoms. The molecule has 0 radical (unpaired) electrons. The third-order valence-corrected chi connectivity index (χ3v) is 13.3. The lowest BCUT2D eigenvalue weighted by atomic mass is 9.94. The molecule has 0 bridgehead atoms. The van der Waals surface area contributed by atoms with E-state index in [1.54, 1.807) is 0 Å². The fourth-order valence-electron chi connectivity index (χ4n) is 10.2. The van der Waals surface area contributed by atoms with E-state index in [1.165, 1.54) is 28.1 Å². The SMILES string of the molecule is Cc1ccccc1N(c1ccccc1)c1ccc(N(c2ccccc2)c2c3ccccc3c(N(c3ccccc3)c3ccc(N4c5ccccc5Cc5ccccc54)cc3)c3ccccc23)cc1. The Labute approximate surface area is 398 Å². The maximum atomic E-state index is 2.45. The van der Waals surface area contributed by atoms with Crippen LogP contribution in [0.25, 0.3) is 21.5 Å². The van der Waals surface area contributed by atoms with E-state index in [2.05, 4.69) is 287 Å². The van der Waals surface area contributed by atoms with Crippen LogP contribution in [0.2, 0.25) is 0 Å². The predicted octanol–water partition coefficient (Wildman–Crippen LogP) is 18.1. The van der Waals surface area contributed by atoms with Crippen LogP contribution in [0.5, 0.6) is 0 Å². The van der Waals surface area contributed by atoms with E-state index in [1.807, 2.05) is 0 Å². The van der Waals surface area contributed by atoms with Crippen LogP contribution in [-0.4, -0.2) is 0 Å². The third-order valence-electron chi connectivity index (χ3n) is 13.3. The Bertz CT molecular complexity index is 3290. The van der Waals surface area contributed by atoms with Crippen molar-refractivity contribution in [2.24, 2.45) is 0 Å². The van der Waals surface area contributed by atoms with Crippen molar-refractivity contribution in [1.29, 1.82) is 0 Å². The monoisotopic (exact) mass is 872 g/mol. The van der Waals surface area contributed by atoms with Gasteiger partial charge >= 0.3 is 0 Å². The Morgan fingerprint density at radius 1 is 0.294 bits per heavy atom. The minimum Gasteiger partial charge on any atom is -0.310 e. The van der Waals surface area contributed by atoms with Gasteiger partial charge in [0.05, 0.1) is 11.4 Å². The van der Waals surface area contributed by atoms with Gasteiger partial charge < -0.3 is 19.6 Å². The first-order chi connectivity index (χ1) is 33.7. The maximum absolute atomic E-state index is 2.45. The molecule has 0 unspecified atom stereocenters. The number of benzene rings is 11. The Balaban J connectivity index is 1.03. The lowest BCUT2D eigenvalue weighted by Gasteiger charge is -2.34. The Hall–Kier alpha value is -8.86. The van der Waals surface area contributed by atoms with E-state index in [0.29, 0.717) is 0 Å². The van der Waals surface area contributed by atoms with Gasteiger partial charge in [-0.05, 0) is 127 Å². The number of nitrogens with zero attached hydrogens (tertiary/aromatic N) is 4. The molecule has 1 aliphatic rings. The van der Waals surface area contributed by atoms with Crippen LogP contribution in [0.3, 0.4) is 0 Å². The van der Waals surface area contributed by atoms with E-state index in [-0.39, 0.29) is 0 Å². The highest BCUT2D eigenvalue weighted by Crippen LogP contribution is 2.52. The fraction of sp³-hybridized carbons (Fsp3) is 0.0312. The quantitative estimate of drug-likeness (QED) is 0.100. The zero-order chi connectivity index (χ0) is 45.4. The molecule has 0 aliphatic carbocycles. The molecule has 12 rings (SSSR count). The Kier molecular flexibility index (Phi) is 10.5. The molecule has 324 valence electrons. The molecular weight excluding hydrogens is 825 g/mol. The summed E-state index contributed by atoms with van der Waals surface area (Å²) in [5.74, 6) is 0. The van der Waals surface area contributed by atoms with Gasteiger partial charge in [-0.15, -0.1) is 0 Å². The highest BCUT2D eigenvalue weighted by Gasteiger charge is 2.27. The zero-order valence-electron chi connectivity index (χ0n) is 37.8. The second-order valence-electron chi connectivity index (χ2n) is 17.4. The largest absolute Gasteiger partial charge is 0.310 e. The summed E-state index contributed by atoms with van der Waals surface area (Å²) in [6, 6.07) is 94.4. The summed E-state index contributed by atoms with van der Waals surface area (Å²) < 4.78 is 0. The van der Waals surface area contributed by atoms with Crippen LogP contribution < -0.4 is 19.6 Å². The minimum atomic E-state index is 0.923. The molecule has 1 heterocycles. The van der Waals surface area contributed by atoms with Crippen molar-refractivity contribution in [3.8, 4) is 0 Å². The molecule has 0 saturated heterocycles. The van der Waals surface area contributed by atoms with Crippen LogP contribution in [0, 0.1) is 6.92 Å². The van der Waals surface area contributed by atoms with E-state index in [0.717, 1.165) is 84.8 Å². The van der Waals surface area contributed by atoms with Gasteiger partial charge in [0, 0.05) is 84.8 Å². The molecule has 11 aromatic carbocycles. The molecule has 0 amide bonds. The van der Waals surface area contributed by atoms with Crippen LogP contribution >= 0.6 is 0 Å². The van der Waals surface area contributed by atoms with Gasteiger partial charge in [-0.2, -0.15) is 0 Å². The maximum Gasteiger partial charge on any atom is 0.0619 e. The van der Waals surface area contributed by atoms with Crippen molar-refractivity contribution >= 4 is 89.8 Å². The van der Waals surface area contributed by atoms with Gasteiger partial charge in [-0.3, -0.25) is 0 Å². The molecule has 11 aromatic rings. The van der Waals surface area contributed by atoms with Crippen LogP contribution in [0.4, 0.5) is 68.2 Å². The highest BCUT2D eigenvalue weighted by molar-refractivity contribution is 6.23. The average molecular weight is 873 g/mol. The summed E-state index contributed by atoms with van der Waals surface area (Å²) in [6.07, 6.45) is 0.923. The topological polar surface area (TPSA) is 13.0 Å². The van der Waals surface area contributed by atoms with Crippen molar-refractivity contribution in [1.82, 2.24) is 0 Å². The van der Waals surface area contributed by atoms with E-state index < -0.39 is 0 Å². The van der Waals surface area contributed by atoms with Crippen molar-refractivity contribution < 1.29 is 0 Å². The van der Waals surface area contributed by atoms with Crippen LogP contribution in [0.1, 0.15) is 16.7 Å². The zero-order valence-corrected chi connectivity index (χ0v) is 37.8. The number of hydrogen-bond donors (Lipinski definition) is 0. The number of para-hydroxylation sites is 6. The first kappa shape index (κ1) is 40.6. The summed E-state index contributed by atoms with van der Waals surface area (Å²) in [5, 5.41) is 4.61. The summed E-state index contributed by atoms with van der Waals surface area (Å²) in [6.45, 7) is 2.18. The lowest BCUT2D eigenvalue weighted by Crippen LogP contribution is -2.18. The number of hydrogen-bond acceptors (Lipinski definition) is 4. The molecule has 0 saturated carbocycles. The minimum absolute atomic E-state index is 0.923. The smallest absolute Gasteiger partial charge is 0.0619 e. The summed E-state index contributed by atoms with van der Waals surface area (Å²) >= 11 is 0. The number of rotatable bonds is 10. The first-order valence-corrected chi connectivity index (χ1v) is 23.4. The van der Waals surface area contributed by atoms with E-state index in [4.69, 9.17) is 0 Å². The van der Waals surface area contributed by atoms with Crippen molar-refractivity contribution in [2.45, 2.75) is 13.3 Å². The van der Waals surface area contributed by atoms with Gasteiger partial charge in [0.2, 0.25) is 0 Å². The second kappa shape index (κ2) is 17.5. The average Bonchev–Trinajstić information content (AvgIpc) is 3.41. The molecule has 0 N–H and O–H groups in total. The molecule has 0 aromatic heterocycles. The molecular formula is C64H48N4. The molecule has 0 spiro atoms. The molecule has 4 nitrogen and oxygen atoms in total. The van der Waals surface area contributed by atoms with Gasteiger partial charge in [0.25, 0.3) is 0 Å². The van der Waals surface area contributed by atoms with Crippen molar-refractivity contribution in [3.05, 3.63) is 278 Å². The Morgan fingerprint density at radius 3 is 1.06 bits per heavy atom. The first-order valence-electron chi connectivity index (χ1n) is 23.4. The molecule has 0 atom stereocenters. The summed E-state index contributed by atoms with van der Waals surface area (Å²) in [7, 11) is 0. The van der Waals surface area contributed by atoms with Crippen molar-refractivity contribution in [2.75, 3.05) is 19.6 Å². The lowest BCUT2D eigenvalue weighted by molar-refractivity contribution is 1.09.